The number of hydrogen-bond acceptors (Lipinski definition) is 3. The number of aryl methyl sites for hydroxylation is 3. The van der Waals surface area contributed by atoms with E-state index in [1.54, 1.807) is 7.05 Å². The molecule has 0 saturated carbocycles. The Morgan fingerprint density at radius 3 is 2.66 bits per heavy atom. The number of nitrogens with one attached hydrogen (secondary N) is 1. The van der Waals surface area contributed by atoms with Gasteiger partial charge in [0, 0.05) is 35.8 Å². The highest BCUT2D eigenvalue weighted by molar-refractivity contribution is 6.30. The molecule has 2 aromatic heterocycles. The summed E-state index contributed by atoms with van der Waals surface area (Å²) in [6.07, 6.45) is 0. The first-order valence-electron chi connectivity index (χ1n) is 9.37. The van der Waals surface area contributed by atoms with Gasteiger partial charge in [0.1, 0.15) is 6.61 Å². The first-order chi connectivity index (χ1) is 14.0. The van der Waals surface area contributed by atoms with Crippen molar-refractivity contribution in [2.45, 2.75) is 27.0 Å². The van der Waals surface area contributed by atoms with Gasteiger partial charge in [0.2, 0.25) is 5.88 Å². The number of aromatic amines is 1. The molecule has 2 heterocycles. The second kappa shape index (κ2) is 7.67. The Labute approximate surface area is 173 Å². The van der Waals surface area contributed by atoms with Gasteiger partial charge in [-0.2, -0.15) is 9.78 Å². The van der Waals surface area contributed by atoms with Crippen LogP contribution in [0, 0.1) is 6.92 Å². The zero-order valence-electron chi connectivity index (χ0n) is 16.5. The molecular weight excluding hydrogens is 390 g/mol. The van der Waals surface area contributed by atoms with Gasteiger partial charge in [-0.05, 0) is 37.6 Å². The average Bonchev–Trinajstić information content (AvgIpc) is 3.14. The van der Waals surface area contributed by atoms with Crippen molar-refractivity contribution < 1.29 is 4.74 Å². The predicted octanol–water partition coefficient (Wildman–Crippen LogP) is 3.93. The van der Waals surface area contributed by atoms with Gasteiger partial charge < -0.3 is 4.74 Å². The Balaban J connectivity index is 1.64. The molecule has 0 saturated heterocycles. The van der Waals surface area contributed by atoms with Gasteiger partial charge in [-0.1, -0.05) is 35.9 Å². The first kappa shape index (κ1) is 19.1. The lowest BCUT2D eigenvalue weighted by Gasteiger charge is -2.18. The predicted molar refractivity (Wildman–Crippen MR) is 113 cm³/mol. The summed E-state index contributed by atoms with van der Waals surface area (Å²) in [5.74, 6) is 0.664. The fourth-order valence-electron chi connectivity index (χ4n) is 3.26. The van der Waals surface area contributed by atoms with Crippen molar-refractivity contribution in [1.82, 2.24) is 24.4 Å². The number of hydrogen-bond donors (Lipinski definition) is 1. The van der Waals surface area contributed by atoms with Gasteiger partial charge in [-0.3, -0.25) is 0 Å². The third-order valence-corrected chi connectivity index (χ3v) is 5.12. The molecule has 0 unspecified atom stereocenters. The number of rotatable bonds is 6. The van der Waals surface area contributed by atoms with E-state index in [0.717, 1.165) is 28.1 Å². The highest BCUT2D eigenvalue weighted by atomic mass is 35.5. The molecule has 0 aliphatic heterocycles. The van der Waals surface area contributed by atoms with E-state index in [-0.39, 0.29) is 5.69 Å². The van der Waals surface area contributed by atoms with Crippen LogP contribution in [0.15, 0.2) is 53.3 Å². The van der Waals surface area contributed by atoms with Crippen LogP contribution in [0.4, 0.5) is 0 Å². The van der Waals surface area contributed by atoms with Crippen molar-refractivity contribution in [1.29, 1.82) is 0 Å². The third-order valence-electron chi connectivity index (χ3n) is 4.88. The minimum absolute atomic E-state index is 0.112. The van der Waals surface area contributed by atoms with E-state index >= 15 is 0 Å². The Hall–Kier alpha value is -3.19. The van der Waals surface area contributed by atoms with E-state index in [1.165, 1.54) is 9.36 Å². The summed E-state index contributed by atoms with van der Waals surface area (Å²) in [5.41, 5.74) is 4.39. The molecule has 0 atom stereocenters. The lowest BCUT2D eigenvalue weighted by atomic mass is 10.1. The molecule has 0 amide bonds. The maximum Gasteiger partial charge on any atom is 0.364 e. The van der Waals surface area contributed by atoms with Crippen molar-refractivity contribution in [2.75, 3.05) is 0 Å². The van der Waals surface area contributed by atoms with Gasteiger partial charge in [-0.25, -0.2) is 19.4 Å². The Morgan fingerprint density at radius 2 is 1.97 bits per heavy atom. The molecule has 0 radical (unpaired) electrons. The molecule has 0 spiro atoms. The molecule has 8 heteroatoms. The number of ether oxygens (including phenoxy) is 1. The summed E-state index contributed by atoms with van der Waals surface area (Å²) >= 11 is 6.11. The van der Waals surface area contributed by atoms with Gasteiger partial charge in [0.05, 0.1) is 11.4 Å². The summed E-state index contributed by atoms with van der Waals surface area (Å²) in [4.78, 5) is 12.1. The Kier molecular flexibility index (Phi) is 5.07. The number of aromatic nitrogens is 5. The highest BCUT2D eigenvalue weighted by Crippen LogP contribution is 2.27. The van der Waals surface area contributed by atoms with E-state index in [0.29, 0.717) is 24.1 Å². The Bertz CT molecular complexity index is 1210. The lowest BCUT2D eigenvalue weighted by Crippen LogP contribution is -2.40. The molecule has 0 fully saturated rings. The second-order valence-electron chi connectivity index (χ2n) is 6.83. The molecule has 0 aliphatic carbocycles. The lowest BCUT2D eigenvalue weighted by molar-refractivity contribution is 0.272. The van der Waals surface area contributed by atoms with E-state index in [9.17, 15) is 4.79 Å². The van der Waals surface area contributed by atoms with Crippen molar-refractivity contribution in [3.8, 4) is 22.8 Å². The summed E-state index contributed by atoms with van der Waals surface area (Å²) in [7, 11) is 1.68. The van der Waals surface area contributed by atoms with E-state index < -0.39 is 0 Å². The number of nitrogens with zero attached hydrogens (tertiary/aromatic N) is 4. The minimum Gasteiger partial charge on any atom is -0.473 e. The molecule has 0 aliphatic rings. The second-order valence-corrected chi connectivity index (χ2v) is 7.27. The largest absolute Gasteiger partial charge is 0.473 e. The quantitative estimate of drug-likeness (QED) is 0.522. The standard InChI is InChI=1S/C21H22ClN5O2/c1-4-26-20(12-18(23-26)15-8-6-9-16(22)11-15)29-13-17-14(2)7-5-10-19(17)27-21(28)25(3)24-27/h5-12,24H,4,13H2,1-3H3. The molecule has 0 bridgehead atoms. The fraction of sp³-hybridized carbons (Fsp3) is 0.238. The van der Waals surface area contributed by atoms with E-state index in [4.69, 9.17) is 16.3 Å². The molecular formula is C21H22ClN5O2. The van der Waals surface area contributed by atoms with E-state index in [2.05, 4.69) is 10.3 Å². The van der Waals surface area contributed by atoms with Crippen LogP contribution in [0.25, 0.3) is 16.9 Å². The van der Waals surface area contributed by atoms with Gasteiger partial charge in [0.15, 0.2) is 0 Å². The maximum atomic E-state index is 12.1. The number of halogens is 1. The third kappa shape index (κ3) is 3.61. The average molecular weight is 412 g/mol. The van der Waals surface area contributed by atoms with Crippen LogP contribution in [0.1, 0.15) is 18.1 Å². The zero-order chi connectivity index (χ0) is 20.5. The number of H-pyrrole nitrogens is 1. The molecule has 4 rings (SSSR count). The smallest absolute Gasteiger partial charge is 0.364 e. The van der Waals surface area contributed by atoms with E-state index in [1.807, 2.05) is 67.1 Å². The molecule has 150 valence electrons. The van der Waals surface area contributed by atoms with Crippen LogP contribution < -0.4 is 10.4 Å². The van der Waals surface area contributed by atoms with Crippen molar-refractivity contribution >= 4 is 11.6 Å². The first-order valence-corrected chi connectivity index (χ1v) is 9.75. The van der Waals surface area contributed by atoms with Crippen molar-refractivity contribution in [2.24, 2.45) is 7.05 Å². The zero-order valence-corrected chi connectivity index (χ0v) is 17.3. The molecule has 4 aromatic rings. The van der Waals surface area contributed by atoms with Crippen molar-refractivity contribution in [3.63, 3.8) is 0 Å². The summed E-state index contributed by atoms with van der Waals surface area (Å²) in [6, 6.07) is 15.3. The molecule has 1 N–H and O–H groups in total. The minimum atomic E-state index is -0.112. The molecule has 2 aromatic carbocycles. The topological polar surface area (TPSA) is 69.8 Å². The molecule has 29 heavy (non-hydrogen) atoms. The summed E-state index contributed by atoms with van der Waals surface area (Å²) in [5, 5.41) is 8.25. The van der Waals surface area contributed by atoms with Crippen LogP contribution in [0.2, 0.25) is 5.02 Å². The van der Waals surface area contributed by atoms with Crippen LogP contribution in [-0.2, 0) is 20.2 Å². The van der Waals surface area contributed by atoms with Crippen molar-refractivity contribution in [3.05, 3.63) is 75.2 Å². The normalized spacial score (nSPS) is 11.2. The van der Waals surface area contributed by atoms with Crippen LogP contribution in [-0.4, -0.2) is 24.4 Å². The molecule has 7 nitrogen and oxygen atoms in total. The van der Waals surface area contributed by atoms with Crippen LogP contribution >= 0.6 is 11.6 Å². The van der Waals surface area contributed by atoms with Gasteiger partial charge in [-0.15, -0.1) is 0 Å². The van der Waals surface area contributed by atoms with Crippen LogP contribution in [0.3, 0.4) is 0 Å². The fourth-order valence-corrected chi connectivity index (χ4v) is 3.45. The summed E-state index contributed by atoms with van der Waals surface area (Å²) in [6.45, 7) is 5.01. The monoisotopic (exact) mass is 411 g/mol. The van der Waals surface area contributed by atoms with Gasteiger partial charge >= 0.3 is 5.69 Å². The maximum absolute atomic E-state index is 12.1. The highest BCUT2D eigenvalue weighted by Gasteiger charge is 2.16. The summed E-state index contributed by atoms with van der Waals surface area (Å²) < 4.78 is 10.9. The number of benzene rings is 2. The SMILES string of the molecule is CCn1nc(-c2cccc(Cl)c2)cc1OCc1c(C)cccc1-n1[nH]n(C)c1=O. The van der Waals surface area contributed by atoms with Crippen LogP contribution in [0.5, 0.6) is 5.88 Å². The van der Waals surface area contributed by atoms with Gasteiger partial charge in [0.25, 0.3) is 0 Å². The Morgan fingerprint density at radius 1 is 1.17 bits per heavy atom.